The number of nitrogens with one attached hydrogen (secondary N) is 1. The molecule has 5 heteroatoms. The van der Waals surface area contributed by atoms with E-state index in [1.165, 1.54) is 37.9 Å². The minimum atomic E-state index is 0. The summed E-state index contributed by atoms with van der Waals surface area (Å²) >= 11 is 2.05. The topological polar surface area (TPSA) is 32.3 Å². The lowest BCUT2D eigenvalue weighted by atomic mass is 10.1. The van der Waals surface area contributed by atoms with E-state index in [-0.39, 0.29) is 12.4 Å². The lowest BCUT2D eigenvalue weighted by Crippen LogP contribution is -2.39. The molecule has 2 aliphatic rings. The van der Waals surface area contributed by atoms with Gasteiger partial charge in [0.15, 0.2) is 0 Å². The number of thioether (sulfide) groups is 1. The van der Waals surface area contributed by atoms with Crippen molar-refractivity contribution in [3.05, 3.63) is 0 Å². The van der Waals surface area contributed by atoms with Crippen molar-refractivity contribution in [1.82, 2.24) is 10.2 Å². The molecule has 1 amide bonds. The van der Waals surface area contributed by atoms with E-state index in [2.05, 4.69) is 24.0 Å². The van der Waals surface area contributed by atoms with E-state index in [9.17, 15) is 4.79 Å². The van der Waals surface area contributed by atoms with Crippen molar-refractivity contribution in [2.75, 3.05) is 19.3 Å². The van der Waals surface area contributed by atoms with Crippen LogP contribution in [0.15, 0.2) is 0 Å². The van der Waals surface area contributed by atoms with E-state index in [4.69, 9.17) is 0 Å². The second-order valence-electron chi connectivity index (χ2n) is 5.55. The summed E-state index contributed by atoms with van der Waals surface area (Å²) in [4.78, 5) is 14.3. The second-order valence-corrected chi connectivity index (χ2v) is 7.12. The molecule has 3 atom stereocenters. The Morgan fingerprint density at radius 3 is 2.79 bits per heavy atom. The molecule has 0 radical (unpaired) electrons. The molecule has 19 heavy (non-hydrogen) atoms. The summed E-state index contributed by atoms with van der Waals surface area (Å²) in [6.07, 6.45) is 6.75. The van der Waals surface area contributed by atoms with Gasteiger partial charge in [-0.25, -0.2) is 0 Å². The van der Waals surface area contributed by atoms with E-state index >= 15 is 0 Å². The maximum absolute atomic E-state index is 12.2. The molecule has 0 aromatic heterocycles. The molecule has 1 saturated heterocycles. The molecule has 2 fully saturated rings. The molecular formula is C14H27ClN2OS. The Labute approximate surface area is 127 Å². The average molecular weight is 307 g/mol. The highest BCUT2D eigenvalue weighted by Gasteiger charge is 2.30. The fourth-order valence-corrected chi connectivity index (χ4v) is 4.28. The SMILES string of the molecule is CCSC1CCC(N(C)C(=O)CC2CCCN2)C1.Cl. The Bertz CT molecular complexity index is 285. The zero-order valence-corrected chi connectivity index (χ0v) is 13.7. The summed E-state index contributed by atoms with van der Waals surface area (Å²) in [7, 11) is 2.00. The molecule has 1 aliphatic heterocycles. The van der Waals surface area contributed by atoms with Gasteiger partial charge in [0.05, 0.1) is 0 Å². The third-order valence-corrected chi connectivity index (χ3v) is 5.52. The van der Waals surface area contributed by atoms with Gasteiger partial charge in [-0.1, -0.05) is 6.92 Å². The fourth-order valence-electron chi connectivity index (χ4n) is 3.15. The summed E-state index contributed by atoms with van der Waals surface area (Å²) in [5.74, 6) is 1.53. The monoisotopic (exact) mass is 306 g/mol. The normalized spacial score (nSPS) is 30.1. The molecule has 1 heterocycles. The number of halogens is 1. The van der Waals surface area contributed by atoms with Gasteiger partial charge in [-0.05, 0) is 44.4 Å². The number of hydrogen-bond acceptors (Lipinski definition) is 3. The van der Waals surface area contributed by atoms with Gasteiger partial charge in [-0.2, -0.15) is 11.8 Å². The molecule has 2 rings (SSSR count). The van der Waals surface area contributed by atoms with E-state index in [0.717, 1.165) is 11.8 Å². The van der Waals surface area contributed by atoms with Crippen molar-refractivity contribution in [2.24, 2.45) is 0 Å². The van der Waals surface area contributed by atoms with Crippen molar-refractivity contribution in [2.45, 2.75) is 62.8 Å². The van der Waals surface area contributed by atoms with Crippen molar-refractivity contribution < 1.29 is 4.79 Å². The maximum atomic E-state index is 12.2. The Balaban J connectivity index is 0.00000180. The van der Waals surface area contributed by atoms with Crippen LogP contribution < -0.4 is 5.32 Å². The van der Waals surface area contributed by atoms with Crippen LogP contribution >= 0.6 is 24.2 Å². The fraction of sp³-hybridized carbons (Fsp3) is 0.929. The van der Waals surface area contributed by atoms with E-state index in [1.54, 1.807) is 0 Å². The van der Waals surface area contributed by atoms with Gasteiger partial charge in [0.25, 0.3) is 0 Å². The number of amides is 1. The van der Waals surface area contributed by atoms with Crippen molar-refractivity contribution in [1.29, 1.82) is 0 Å². The summed E-state index contributed by atoms with van der Waals surface area (Å²) in [6.45, 7) is 3.30. The highest BCUT2D eigenvalue weighted by Crippen LogP contribution is 2.32. The molecule has 3 unspecified atom stereocenters. The molecule has 1 saturated carbocycles. The molecule has 0 aromatic carbocycles. The van der Waals surface area contributed by atoms with Crippen molar-refractivity contribution in [3.63, 3.8) is 0 Å². The van der Waals surface area contributed by atoms with Crippen LogP contribution in [-0.4, -0.2) is 47.5 Å². The molecule has 1 N–H and O–H groups in total. The summed E-state index contributed by atoms with van der Waals surface area (Å²) in [5, 5.41) is 4.19. The minimum absolute atomic E-state index is 0. The predicted molar refractivity (Wildman–Crippen MR) is 85.2 cm³/mol. The molecule has 1 aliphatic carbocycles. The lowest BCUT2D eigenvalue weighted by molar-refractivity contribution is -0.132. The number of carbonyl (C=O) groups is 1. The lowest BCUT2D eigenvalue weighted by Gasteiger charge is -2.26. The van der Waals surface area contributed by atoms with E-state index in [1.807, 2.05) is 11.9 Å². The first-order chi connectivity index (χ1) is 8.70. The Morgan fingerprint density at radius 1 is 1.37 bits per heavy atom. The highest BCUT2D eigenvalue weighted by atomic mass is 35.5. The predicted octanol–water partition coefficient (Wildman–Crippen LogP) is 2.68. The maximum Gasteiger partial charge on any atom is 0.224 e. The molecular weight excluding hydrogens is 280 g/mol. The van der Waals surface area contributed by atoms with Gasteiger partial charge in [0, 0.05) is 30.8 Å². The van der Waals surface area contributed by atoms with Gasteiger partial charge >= 0.3 is 0 Å². The second kappa shape index (κ2) is 8.38. The largest absolute Gasteiger partial charge is 0.343 e. The van der Waals surface area contributed by atoms with E-state index in [0.29, 0.717) is 24.4 Å². The third-order valence-electron chi connectivity index (χ3n) is 4.28. The number of hydrogen-bond donors (Lipinski definition) is 1. The van der Waals surface area contributed by atoms with Gasteiger partial charge in [0.2, 0.25) is 5.91 Å². The van der Waals surface area contributed by atoms with Crippen LogP contribution in [0.2, 0.25) is 0 Å². The van der Waals surface area contributed by atoms with Crippen molar-refractivity contribution >= 4 is 30.1 Å². The average Bonchev–Trinajstić information content (AvgIpc) is 3.00. The Morgan fingerprint density at radius 2 is 2.16 bits per heavy atom. The van der Waals surface area contributed by atoms with Crippen LogP contribution in [0.5, 0.6) is 0 Å². The number of carbonyl (C=O) groups excluding carboxylic acids is 1. The minimum Gasteiger partial charge on any atom is -0.343 e. The van der Waals surface area contributed by atoms with Gasteiger partial charge in [-0.15, -0.1) is 12.4 Å². The molecule has 0 spiro atoms. The van der Waals surface area contributed by atoms with Crippen molar-refractivity contribution in [3.8, 4) is 0 Å². The molecule has 3 nitrogen and oxygen atoms in total. The first kappa shape index (κ1) is 17.1. The van der Waals surface area contributed by atoms with Crippen LogP contribution in [0.1, 0.15) is 45.4 Å². The quantitative estimate of drug-likeness (QED) is 0.847. The van der Waals surface area contributed by atoms with Crippen LogP contribution in [-0.2, 0) is 4.79 Å². The number of nitrogens with zero attached hydrogens (tertiary/aromatic N) is 1. The standard InChI is InChI=1S/C14H26N2OS.ClH/c1-3-18-13-7-6-12(10-13)16(2)14(17)9-11-5-4-8-15-11;/h11-13,15H,3-10H2,1-2H3;1H. The third kappa shape index (κ3) is 4.83. The molecule has 0 bridgehead atoms. The van der Waals surface area contributed by atoms with Crippen LogP contribution in [0.3, 0.4) is 0 Å². The number of rotatable bonds is 5. The van der Waals surface area contributed by atoms with Gasteiger partial charge in [0.1, 0.15) is 0 Å². The van der Waals surface area contributed by atoms with Gasteiger partial charge < -0.3 is 10.2 Å². The highest BCUT2D eigenvalue weighted by molar-refractivity contribution is 7.99. The smallest absolute Gasteiger partial charge is 0.224 e. The zero-order valence-electron chi connectivity index (χ0n) is 12.1. The summed E-state index contributed by atoms with van der Waals surface area (Å²) < 4.78 is 0. The molecule has 0 aromatic rings. The molecule has 112 valence electrons. The summed E-state index contributed by atoms with van der Waals surface area (Å²) in [6, 6.07) is 0.921. The summed E-state index contributed by atoms with van der Waals surface area (Å²) in [5.41, 5.74) is 0. The Kier molecular flexibility index (Phi) is 7.55. The van der Waals surface area contributed by atoms with Crippen LogP contribution in [0, 0.1) is 0 Å². The first-order valence-electron chi connectivity index (χ1n) is 7.31. The van der Waals surface area contributed by atoms with Crippen LogP contribution in [0.25, 0.3) is 0 Å². The Hall–Kier alpha value is 0.0700. The van der Waals surface area contributed by atoms with Crippen LogP contribution in [0.4, 0.5) is 0 Å². The van der Waals surface area contributed by atoms with E-state index < -0.39 is 0 Å². The van der Waals surface area contributed by atoms with Gasteiger partial charge in [-0.3, -0.25) is 4.79 Å². The first-order valence-corrected chi connectivity index (χ1v) is 8.36. The zero-order chi connectivity index (χ0) is 13.0.